The maximum atomic E-state index is 12.5. The molecule has 1 aromatic heterocycles. The van der Waals surface area contributed by atoms with Crippen LogP contribution in [0.5, 0.6) is 5.75 Å². The zero-order valence-electron chi connectivity index (χ0n) is 18.1. The van der Waals surface area contributed by atoms with Crippen LogP contribution < -0.4 is 15.4 Å². The van der Waals surface area contributed by atoms with E-state index in [9.17, 15) is 9.59 Å². The molecule has 166 valence electrons. The lowest BCUT2D eigenvalue weighted by Gasteiger charge is -2.10. The van der Waals surface area contributed by atoms with E-state index in [1.807, 2.05) is 37.3 Å². The van der Waals surface area contributed by atoms with E-state index in [0.717, 1.165) is 16.8 Å². The number of hydrogen-bond acceptors (Lipinski definition) is 5. The maximum Gasteiger partial charge on any atom is 0.251 e. The van der Waals surface area contributed by atoms with Crippen LogP contribution in [0.3, 0.4) is 0 Å². The van der Waals surface area contributed by atoms with Crippen molar-refractivity contribution in [3.05, 3.63) is 102 Å². The Balaban J connectivity index is 1.27. The molecular formula is C25H23N5O3. The van der Waals surface area contributed by atoms with Crippen LogP contribution in [0.1, 0.15) is 21.5 Å². The monoisotopic (exact) mass is 441 g/mol. The molecule has 0 fully saturated rings. The minimum atomic E-state index is -0.354. The summed E-state index contributed by atoms with van der Waals surface area (Å²) in [5.74, 6) is -0.0996. The summed E-state index contributed by atoms with van der Waals surface area (Å²) in [5, 5.41) is 9.44. The van der Waals surface area contributed by atoms with Crippen LogP contribution in [0.15, 0.2) is 85.5 Å². The summed E-state index contributed by atoms with van der Waals surface area (Å²) in [7, 11) is 0. The number of aromatic nitrogens is 3. The highest BCUT2D eigenvalue weighted by Gasteiger charge is 2.10. The first-order valence-corrected chi connectivity index (χ1v) is 10.4. The van der Waals surface area contributed by atoms with Gasteiger partial charge in [0.15, 0.2) is 0 Å². The van der Waals surface area contributed by atoms with E-state index in [1.54, 1.807) is 47.4 Å². The van der Waals surface area contributed by atoms with Gasteiger partial charge in [0.2, 0.25) is 5.91 Å². The van der Waals surface area contributed by atoms with Gasteiger partial charge >= 0.3 is 0 Å². The summed E-state index contributed by atoms with van der Waals surface area (Å²) < 4.78 is 7.43. The van der Waals surface area contributed by atoms with Crippen LogP contribution in [-0.2, 0) is 11.4 Å². The van der Waals surface area contributed by atoms with E-state index in [4.69, 9.17) is 4.74 Å². The second-order valence-corrected chi connectivity index (χ2v) is 7.42. The molecule has 2 amide bonds. The molecule has 0 aliphatic rings. The Labute approximate surface area is 191 Å². The average molecular weight is 441 g/mol. The molecule has 0 atom stereocenters. The number of carbonyl (C=O) groups excluding carboxylic acids is 2. The fourth-order valence-electron chi connectivity index (χ4n) is 3.20. The summed E-state index contributed by atoms with van der Waals surface area (Å²) in [6, 6.07) is 22.1. The molecule has 4 rings (SSSR count). The van der Waals surface area contributed by atoms with E-state index in [1.165, 1.54) is 6.33 Å². The topological polar surface area (TPSA) is 98.1 Å². The molecule has 4 aromatic rings. The number of nitrogens with one attached hydrogen (secondary N) is 2. The summed E-state index contributed by atoms with van der Waals surface area (Å²) >= 11 is 0. The number of benzene rings is 3. The molecule has 0 radical (unpaired) electrons. The molecule has 33 heavy (non-hydrogen) atoms. The van der Waals surface area contributed by atoms with Gasteiger partial charge < -0.3 is 15.4 Å². The number of amides is 2. The Morgan fingerprint density at radius 1 is 1.00 bits per heavy atom. The average Bonchev–Trinajstić information content (AvgIpc) is 3.37. The van der Waals surface area contributed by atoms with E-state index < -0.39 is 0 Å². The van der Waals surface area contributed by atoms with Crippen molar-refractivity contribution in [3.63, 3.8) is 0 Å². The molecule has 0 aliphatic carbocycles. The number of aryl methyl sites for hydroxylation is 1. The van der Waals surface area contributed by atoms with Gasteiger partial charge in [0.1, 0.15) is 25.0 Å². The predicted octanol–water partition coefficient (Wildman–Crippen LogP) is 3.52. The summed E-state index contributed by atoms with van der Waals surface area (Å²) in [4.78, 5) is 28.6. The quantitative estimate of drug-likeness (QED) is 0.436. The molecule has 0 saturated heterocycles. The molecular weight excluding hydrogens is 418 g/mol. The van der Waals surface area contributed by atoms with Crippen molar-refractivity contribution in [3.8, 4) is 11.4 Å². The SMILES string of the molecule is Cc1cccc(COc2cccc(C(=O)NCC(=O)Nc3ccc(-n4cncn4)cc3)c2)c1. The number of carbonyl (C=O) groups is 2. The minimum absolute atomic E-state index is 0.155. The van der Waals surface area contributed by atoms with Crippen LogP contribution in [-0.4, -0.2) is 33.1 Å². The predicted molar refractivity (Wildman–Crippen MR) is 124 cm³/mol. The van der Waals surface area contributed by atoms with Crippen molar-refractivity contribution in [1.82, 2.24) is 20.1 Å². The summed E-state index contributed by atoms with van der Waals surface area (Å²) in [6.07, 6.45) is 3.04. The Kier molecular flexibility index (Phi) is 6.75. The van der Waals surface area contributed by atoms with Gasteiger partial charge in [-0.3, -0.25) is 9.59 Å². The molecule has 0 bridgehead atoms. The van der Waals surface area contributed by atoms with Crippen LogP contribution in [0.25, 0.3) is 5.69 Å². The van der Waals surface area contributed by atoms with Gasteiger partial charge in [-0.2, -0.15) is 5.10 Å². The second-order valence-electron chi connectivity index (χ2n) is 7.42. The Morgan fingerprint density at radius 3 is 2.58 bits per heavy atom. The molecule has 0 saturated carbocycles. The summed E-state index contributed by atoms with van der Waals surface area (Å²) in [5.41, 5.74) is 4.07. The van der Waals surface area contributed by atoms with Gasteiger partial charge in [0, 0.05) is 11.3 Å². The van der Waals surface area contributed by atoms with E-state index in [0.29, 0.717) is 23.6 Å². The van der Waals surface area contributed by atoms with Crippen molar-refractivity contribution < 1.29 is 14.3 Å². The lowest BCUT2D eigenvalue weighted by atomic mass is 10.1. The fourth-order valence-corrected chi connectivity index (χ4v) is 3.20. The third kappa shape index (κ3) is 6.04. The highest BCUT2D eigenvalue weighted by atomic mass is 16.5. The molecule has 2 N–H and O–H groups in total. The number of rotatable bonds is 8. The van der Waals surface area contributed by atoms with Crippen molar-refractivity contribution in [1.29, 1.82) is 0 Å². The standard InChI is InChI=1S/C25H23N5O3/c1-18-4-2-5-19(12-18)15-33-23-7-3-6-20(13-23)25(32)27-14-24(31)29-21-8-10-22(11-9-21)30-17-26-16-28-30/h2-13,16-17H,14-15H2,1H3,(H,27,32)(H,29,31). The van der Waals surface area contributed by atoms with Gasteiger partial charge in [-0.25, -0.2) is 9.67 Å². The van der Waals surface area contributed by atoms with Gasteiger partial charge in [-0.05, 0) is 55.0 Å². The van der Waals surface area contributed by atoms with E-state index in [-0.39, 0.29) is 18.4 Å². The summed E-state index contributed by atoms with van der Waals surface area (Å²) in [6.45, 7) is 2.28. The molecule has 3 aromatic carbocycles. The van der Waals surface area contributed by atoms with Crippen molar-refractivity contribution in [2.75, 3.05) is 11.9 Å². The lowest BCUT2D eigenvalue weighted by Crippen LogP contribution is -2.32. The number of anilines is 1. The zero-order chi connectivity index (χ0) is 23.0. The third-order valence-electron chi connectivity index (χ3n) is 4.83. The number of hydrogen-bond donors (Lipinski definition) is 2. The van der Waals surface area contributed by atoms with Crippen LogP contribution in [0.4, 0.5) is 5.69 Å². The zero-order valence-corrected chi connectivity index (χ0v) is 18.1. The van der Waals surface area contributed by atoms with E-state index in [2.05, 4.69) is 26.8 Å². The molecule has 0 aliphatic heterocycles. The third-order valence-corrected chi connectivity index (χ3v) is 4.83. The minimum Gasteiger partial charge on any atom is -0.489 e. The Hall–Kier alpha value is -4.46. The Bertz CT molecular complexity index is 1240. The van der Waals surface area contributed by atoms with Crippen molar-refractivity contribution in [2.45, 2.75) is 13.5 Å². The molecule has 8 nitrogen and oxygen atoms in total. The van der Waals surface area contributed by atoms with Gasteiger partial charge in [0.25, 0.3) is 5.91 Å². The van der Waals surface area contributed by atoms with Crippen molar-refractivity contribution >= 4 is 17.5 Å². The first kappa shape index (κ1) is 21.8. The second kappa shape index (κ2) is 10.2. The van der Waals surface area contributed by atoms with E-state index >= 15 is 0 Å². The van der Waals surface area contributed by atoms with Gasteiger partial charge in [-0.15, -0.1) is 0 Å². The van der Waals surface area contributed by atoms with Gasteiger partial charge in [-0.1, -0.05) is 35.9 Å². The van der Waals surface area contributed by atoms with Crippen molar-refractivity contribution in [2.24, 2.45) is 0 Å². The largest absolute Gasteiger partial charge is 0.489 e. The number of nitrogens with zero attached hydrogens (tertiary/aromatic N) is 3. The van der Waals surface area contributed by atoms with Gasteiger partial charge in [0.05, 0.1) is 12.2 Å². The van der Waals surface area contributed by atoms with Crippen LogP contribution >= 0.6 is 0 Å². The number of ether oxygens (including phenoxy) is 1. The highest BCUT2D eigenvalue weighted by molar-refractivity contribution is 5.99. The highest BCUT2D eigenvalue weighted by Crippen LogP contribution is 2.16. The molecule has 8 heteroatoms. The fraction of sp³-hybridized carbons (Fsp3) is 0.120. The first-order chi connectivity index (χ1) is 16.1. The lowest BCUT2D eigenvalue weighted by molar-refractivity contribution is -0.115. The van der Waals surface area contributed by atoms with Crippen LogP contribution in [0.2, 0.25) is 0 Å². The first-order valence-electron chi connectivity index (χ1n) is 10.4. The molecule has 0 unspecified atom stereocenters. The molecule has 1 heterocycles. The van der Waals surface area contributed by atoms with Crippen LogP contribution in [0, 0.1) is 6.92 Å². The Morgan fingerprint density at radius 2 is 1.82 bits per heavy atom. The maximum absolute atomic E-state index is 12.5. The molecule has 0 spiro atoms. The normalized spacial score (nSPS) is 10.5. The smallest absolute Gasteiger partial charge is 0.251 e.